The molecular formula is C14H21N3O2S. The molecule has 1 aromatic rings. The molecule has 5 nitrogen and oxygen atoms in total. The normalized spacial score (nSPS) is 15.3. The van der Waals surface area contributed by atoms with Crippen molar-refractivity contribution in [1.82, 2.24) is 9.97 Å². The highest BCUT2D eigenvalue weighted by Gasteiger charge is 2.27. The number of esters is 1. The molecule has 1 saturated carbocycles. The van der Waals surface area contributed by atoms with Crippen LogP contribution in [0.2, 0.25) is 0 Å². The minimum Gasteiger partial charge on any atom is -0.468 e. The SMILES string of the molecule is COC(=O)CN(c1nc(SC)ncc1C)C1CCCC1. The third-order valence-electron chi connectivity index (χ3n) is 3.67. The molecule has 1 aliphatic carbocycles. The maximum atomic E-state index is 11.7. The number of carbonyl (C=O) groups is 1. The number of carbonyl (C=O) groups excluding carboxylic acids is 1. The lowest BCUT2D eigenvalue weighted by Crippen LogP contribution is -2.39. The number of hydrogen-bond acceptors (Lipinski definition) is 6. The second kappa shape index (κ2) is 6.92. The Bertz CT molecular complexity index is 475. The number of rotatable bonds is 5. The van der Waals surface area contributed by atoms with Crippen LogP contribution >= 0.6 is 11.8 Å². The largest absolute Gasteiger partial charge is 0.468 e. The van der Waals surface area contributed by atoms with Gasteiger partial charge in [0.05, 0.1) is 7.11 Å². The fraction of sp³-hybridized carbons (Fsp3) is 0.643. The summed E-state index contributed by atoms with van der Waals surface area (Å²) in [6.45, 7) is 2.24. The van der Waals surface area contributed by atoms with Gasteiger partial charge in [0.15, 0.2) is 5.16 Å². The molecule has 1 aliphatic rings. The average Bonchev–Trinajstić information content (AvgIpc) is 2.99. The first kappa shape index (κ1) is 15.1. The molecule has 2 rings (SSSR count). The van der Waals surface area contributed by atoms with E-state index in [4.69, 9.17) is 4.74 Å². The summed E-state index contributed by atoms with van der Waals surface area (Å²) in [4.78, 5) is 22.7. The molecule has 1 fully saturated rings. The Hall–Kier alpha value is -1.30. The van der Waals surface area contributed by atoms with Crippen LogP contribution in [-0.4, -0.2) is 41.9 Å². The van der Waals surface area contributed by atoms with Crippen molar-refractivity contribution >= 4 is 23.5 Å². The second-order valence-electron chi connectivity index (χ2n) is 5.01. The predicted octanol–water partition coefficient (Wildman–Crippen LogP) is 2.43. The Labute approximate surface area is 124 Å². The van der Waals surface area contributed by atoms with Crippen LogP contribution in [0.3, 0.4) is 0 Å². The summed E-state index contributed by atoms with van der Waals surface area (Å²) < 4.78 is 4.83. The molecule has 0 radical (unpaired) electrons. The monoisotopic (exact) mass is 295 g/mol. The van der Waals surface area contributed by atoms with Crippen LogP contribution in [0.1, 0.15) is 31.2 Å². The summed E-state index contributed by atoms with van der Waals surface area (Å²) in [5.41, 5.74) is 0.999. The van der Waals surface area contributed by atoms with E-state index in [0.29, 0.717) is 6.04 Å². The highest BCUT2D eigenvalue weighted by molar-refractivity contribution is 7.98. The van der Waals surface area contributed by atoms with E-state index in [0.717, 1.165) is 29.4 Å². The maximum absolute atomic E-state index is 11.7. The van der Waals surface area contributed by atoms with Crippen LogP contribution in [0.15, 0.2) is 11.4 Å². The molecule has 110 valence electrons. The fourth-order valence-corrected chi connectivity index (χ4v) is 2.94. The van der Waals surface area contributed by atoms with Gasteiger partial charge in [-0.05, 0) is 26.0 Å². The van der Waals surface area contributed by atoms with Crippen molar-refractivity contribution < 1.29 is 9.53 Å². The van der Waals surface area contributed by atoms with Crippen molar-refractivity contribution in [2.75, 3.05) is 24.8 Å². The summed E-state index contributed by atoms with van der Waals surface area (Å²) in [6.07, 6.45) is 8.41. The zero-order chi connectivity index (χ0) is 14.5. The zero-order valence-electron chi connectivity index (χ0n) is 12.3. The van der Waals surface area contributed by atoms with Gasteiger partial charge in [0.25, 0.3) is 0 Å². The van der Waals surface area contributed by atoms with Crippen molar-refractivity contribution in [2.45, 2.75) is 43.8 Å². The fourth-order valence-electron chi connectivity index (χ4n) is 2.60. The highest BCUT2D eigenvalue weighted by atomic mass is 32.2. The Morgan fingerprint density at radius 3 is 2.80 bits per heavy atom. The molecule has 1 heterocycles. The molecule has 0 aromatic carbocycles. The van der Waals surface area contributed by atoms with Crippen LogP contribution < -0.4 is 4.90 Å². The van der Waals surface area contributed by atoms with Crippen LogP contribution in [0.5, 0.6) is 0 Å². The minimum atomic E-state index is -0.222. The van der Waals surface area contributed by atoms with Gasteiger partial charge in [0.1, 0.15) is 12.4 Å². The van der Waals surface area contributed by atoms with Gasteiger partial charge in [0, 0.05) is 17.8 Å². The summed E-state index contributed by atoms with van der Waals surface area (Å²) in [5.74, 6) is 0.641. The molecule has 0 aliphatic heterocycles. The van der Waals surface area contributed by atoms with Crippen LogP contribution in [0.25, 0.3) is 0 Å². The van der Waals surface area contributed by atoms with Crippen LogP contribution in [0, 0.1) is 6.92 Å². The Balaban J connectivity index is 2.31. The lowest BCUT2D eigenvalue weighted by Gasteiger charge is -2.30. The molecule has 0 spiro atoms. The Morgan fingerprint density at radius 2 is 2.20 bits per heavy atom. The number of anilines is 1. The van der Waals surface area contributed by atoms with Gasteiger partial charge in [-0.15, -0.1) is 0 Å². The quantitative estimate of drug-likeness (QED) is 0.472. The number of ether oxygens (including phenoxy) is 1. The van der Waals surface area contributed by atoms with E-state index in [2.05, 4.69) is 14.9 Å². The van der Waals surface area contributed by atoms with E-state index in [1.165, 1.54) is 31.7 Å². The van der Waals surface area contributed by atoms with Crippen molar-refractivity contribution in [1.29, 1.82) is 0 Å². The first-order valence-electron chi connectivity index (χ1n) is 6.86. The summed E-state index contributed by atoms with van der Waals surface area (Å²) >= 11 is 1.51. The number of methoxy groups -OCH3 is 1. The van der Waals surface area contributed by atoms with E-state index < -0.39 is 0 Å². The molecule has 0 saturated heterocycles. The molecule has 0 amide bonds. The molecule has 20 heavy (non-hydrogen) atoms. The van der Waals surface area contributed by atoms with Crippen LogP contribution in [0.4, 0.5) is 5.82 Å². The number of aryl methyl sites for hydroxylation is 1. The topological polar surface area (TPSA) is 55.3 Å². The van der Waals surface area contributed by atoms with Gasteiger partial charge in [-0.25, -0.2) is 9.97 Å². The highest BCUT2D eigenvalue weighted by Crippen LogP contribution is 2.29. The van der Waals surface area contributed by atoms with Crippen molar-refractivity contribution in [2.24, 2.45) is 0 Å². The first-order valence-corrected chi connectivity index (χ1v) is 8.09. The molecule has 0 N–H and O–H groups in total. The number of hydrogen-bond donors (Lipinski definition) is 0. The predicted molar refractivity (Wildman–Crippen MR) is 80.2 cm³/mol. The van der Waals surface area contributed by atoms with Crippen molar-refractivity contribution in [3.05, 3.63) is 11.8 Å². The van der Waals surface area contributed by atoms with Gasteiger partial charge in [-0.2, -0.15) is 0 Å². The second-order valence-corrected chi connectivity index (χ2v) is 5.78. The Kier molecular flexibility index (Phi) is 5.23. The van der Waals surface area contributed by atoms with E-state index in [9.17, 15) is 4.79 Å². The number of aromatic nitrogens is 2. The molecule has 1 aromatic heterocycles. The third-order valence-corrected chi connectivity index (χ3v) is 4.23. The minimum absolute atomic E-state index is 0.222. The maximum Gasteiger partial charge on any atom is 0.325 e. The Morgan fingerprint density at radius 1 is 1.50 bits per heavy atom. The molecule has 6 heteroatoms. The van der Waals surface area contributed by atoms with Gasteiger partial charge >= 0.3 is 5.97 Å². The van der Waals surface area contributed by atoms with E-state index in [1.54, 1.807) is 0 Å². The summed E-state index contributed by atoms with van der Waals surface area (Å²) in [5, 5.41) is 0.735. The summed E-state index contributed by atoms with van der Waals surface area (Å²) in [7, 11) is 1.43. The smallest absolute Gasteiger partial charge is 0.325 e. The summed E-state index contributed by atoms with van der Waals surface area (Å²) in [6, 6.07) is 0.373. The van der Waals surface area contributed by atoms with Crippen molar-refractivity contribution in [3.63, 3.8) is 0 Å². The lowest BCUT2D eigenvalue weighted by molar-refractivity contribution is -0.139. The molecule has 0 unspecified atom stereocenters. The van der Waals surface area contributed by atoms with E-state index >= 15 is 0 Å². The van der Waals surface area contributed by atoms with Gasteiger partial charge < -0.3 is 9.64 Å². The number of thioether (sulfide) groups is 1. The molecule has 0 atom stereocenters. The number of nitrogens with zero attached hydrogens (tertiary/aromatic N) is 3. The van der Waals surface area contributed by atoms with Crippen LogP contribution in [-0.2, 0) is 9.53 Å². The molecular weight excluding hydrogens is 274 g/mol. The van der Waals surface area contributed by atoms with Gasteiger partial charge in [-0.1, -0.05) is 24.6 Å². The van der Waals surface area contributed by atoms with Crippen molar-refractivity contribution in [3.8, 4) is 0 Å². The lowest BCUT2D eigenvalue weighted by atomic mass is 10.2. The zero-order valence-corrected chi connectivity index (χ0v) is 13.1. The van der Waals surface area contributed by atoms with Gasteiger partial charge in [0.2, 0.25) is 0 Å². The van der Waals surface area contributed by atoms with E-state index in [-0.39, 0.29) is 12.5 Å². The third kappa shape index (κ3) is 3.42. The first-order chi connectivity index (χ1) is 9.65. The van der Waals surface area contributed by atoms with E-state index in [1.807, 2.05) is 19.4 Å². The standard InChI is InChI=1S/C14H21N3O2S/c1-10-8-15-14(20-3)16-13(10)17(9-12(18)19-2)11-6-4-5-7-11/h8,11H,4-7,9H2,1-3H3. The van der Waals surface area contributed by atoms with Gasteiger partial charge in [-0.3, -0.25) is 4.79 Å². The molecule has 0 bridgehead atoms. The average molecular weight is 295 g/mol.